The monoisotopic (exact) mass is 214 g/mol. The van der Waals surface area contributed by atoms with Crippen LogP contribution in [0.25, 0.3) is 0 Å². The van der Waals surface area contributed by atoms with Crippen LogP contribution in [0.4, 0.5) is 0 Å². The van der Waals surface area contributed by atoms with Crippen LogP contribution in [0.1, 0.15) is 39.0 Å². The molecule has 4 heteroatoms. The van der Waals surface area contributed by atoms with Crippen molar-refractivity contribution in [2.45, 2.75) is 39.0 Å². The first-order valence-electron chi connectivity index (χ1n) is 5.49. The van der Waals surface area contributed by atoms with Crippen LogP contribution < -0.4 is 0 Å². The van der Waals surface area contributed by atoms with E-state index < -0.39 is 11.4 Å². The van der Waals surface area contributed by atoms with Gasteiger partial charge in [-0.2, -0.15) is 0 Å². The molecule has 0 aliphatic heterocycles. The van der Waals surface area contributed by atoms with Crippen LogP contribution in [0.5, 0.6) is 0 Å². The van der Waals surface area contributed by atoms with Crippen LogP contribution >= 0.6 is 0 Å². The molecule has 0 amide bonds. The first kappa shape index (κ1) is 12.2. The highest BCUT2D eigenvalue weighted by Gasteiger charge is 2.47. The molecule has 0 spiro atoms. The van der Waals surface area contributed by atoms with Gasteiger partial charge in [-0.1, -0.05) is 6.42 Å². The van der Waals surface area contributed by atoms with Crippen molar-refractivity contribution >= 4 is 11.8 Å². The maximum absolute atomic E-state index is 11.8. The van der Waals surface area contributed by atoms with Crippen molar-refractivity contribution in [1.29, 1.82) is 0 Å². The smallest absolute Gasteiger partial charge is 0.319 e. The van der Waals surface area contributed by atoms with Gasteiger partial charge in [0.25, 0.3) is 0 Å². The third-order valence-corrected chi connectivity index (χ3v) is 3.00. The number of rotatable bonds is 4. The fourth-order valence-electron chi connectivity index (χ4n) is 2.13. The summed E-state index contributed by atoms with van der Waals surface area (Å²) >= 11 is 0. The number of carbonyl (C=O) groups excluding carboxylic acids is 2. The zero-order valence-corrected chi connectivity index (χ0v) is 9.12. The van der Waals surface area contributed by atoms with E-state index in [2.05, 4.69) is 0 Å². The molecule has 0 radical (unpaired) electrons. The minimum atomic E-state index is -1.05. The molecule has 0 saturated heterocycles. The summed E-state index contributed by atoms with van der Waals surface area (Å²) in [6.45, 7) is 1.85. The zero-order chi connectivity index (χ0) is 11.3. The van der Waals surface area contributed by atoms with Crippen molar-refractivity contribution in [1.82, 2.24) is 0 Å². The van der Waals surface area contributed by atoms with Gasteiger partial charge in [-0.3, -0.25) is 9.59 Å². The van der Waals surface area contributed by atoms with Gasteiger partial charge in [0.1, 0.15) is 11.2 Å². The molecule has 86 valence electrons. The lowest BCUT2D eigenvalue weighted by Crippen LogP contribution is -2.43. The third kappa shape index (κ3) is 2.37. The fourth-order valence-corrected chi connectivity index (χ4v) is 2.13. The Balaban J connectivity index is 2.84. The number of ketones is 1. The van der Waals surface area contributed by atoms with Gasteiger partial charge < -0.3 is 9.84 Å². The average molecular weight is 214 g/mol. The van der Waals surface area contributed by atoms with Gasteiger partial charge >= 0.3 is 5.97 Å². The summed E-state index contributed by atoms with van der Waals surface area (Å²) in [6.07, 6.45) is 2.84. The van der Waals surface area contributed by atoms with Crippen molar-refractivity contribution in [2.75, 3.05) is 13.2 Å². The Labute approximate surface area is 89.6 Å². The lowest BCUT2D eigenvalue weighted by molar-refractivity contribution is -0.163. The molecule has 1 fully saturated rings. The van der Waals surface area contributed by atoms with Crippen LogP contribution in [-0.2, 0) is 14.3 Å². The molecule has 1 N–H and O–H groups in total. The van der Waals surface area contributed by atoms with Gasteiger partial charge in [-0.25, -0.2) is 0 Å². The predicted octanol–water partition coefficient (Wildman–Crippen LogP) is 1.06. The molecule has 4 nitrogen and oxygen atoms in total. The number of aliphatic hydroxyl groups excluding tert-OH is 1. The fraction of sp³-hybridized carbons (Fsp3) is 0.818. The largest absolute Gasteiger partial charge is 0.465 e. The molecule has 0 heterocycles. The van der Waals surface area contributed by atoms with E-state index in [-0.39, 0.29) is 25.4 Å². The Morgan fingerprint density at radius 3 is 2.80 bits per heavy atom. The molecule has 1 aliphatic carbocycles. The molecule has 0 bridgehead atoms. The molecule has 0 aromatic heterocycles. The molecule has 1 unspecified atom stereocenters. The number of hydrogen-bond acceptors (Lipinski definition) is 4. The quantitative estimate of drug-likeness (QED) is 0.561. The summed E-state index contributed by atoms with van der Waals surface area (Å²) in [5, 5.41) is 8.96. The Morgan fingerprint density at radius 2 is 2.27 bits per heavy atom. The van der Waals surface area contributed by atoms with Crippen LogP contribution in [0.3, 0.4) is 0 Å². The van der Waals surface area contributed by atoms with Gasteiger partial charge in [0, 0.05) is 13.0 Å². The van der Waals surface area contributed by atoms with E-state index in [1.54, 1.807) is 6.92 Å². The first-order valence-corrected chi connectivity index (χ1v) is 5.49. The minimum absolute atomic E-state index is 0.0683. The standard InChI is InChI=1S/C11H18O4/c1-2-15-10(14)11(7-8-12)6-4-3-5-9(11)13/h12H,2-8H2,1H3. The Bertz CT molecular complexity index is 245. The summed E-state index contributed by atoms with van der Waals surface area (Å²) in [6, 6.07) is 0. The van der Waals surface area contributed by atoms with E-state index in [4.69, 9.17) is 9.84 Å². The second kappa shape index (κ2) is 5.26. The minimum Gasteiger partial charge on any atom is -0.465 e. The lowest BCUT2D eigenvalue weighted by atomic mass is 9.71. The van der Waals surface area contributed by atoms with Gasteiger partial charge in [0.05, 0.1) is 6.61 Å². The molecule has 1 atom stereocenters. The van der Waals surface area contributed by atoms with Crippen LogP contribution in [0.15, 0.2) is 0 Å². The second-order valence-corrected chi connectivity index (χ2v) is 3.91. The molecule has 1 aliphatic rings. The zero-order valence-electron chi connectivity index (χ0n) is 9.12. The number of aliphatic hydroxyl groups is 1. The molecule has 1 saturated carbocycles. The maximum Gasteiger partial charge on any atom is 0.319 e. The second-order valence-electron chi connectivity index (χ2n) is 3.91. The van der Waals surface area contributed by atoms with Gasteiger partial charge in [-0.05, 0) is 26.2 Å². The first-order chi connectivity index (χ1) is 7.17. The van der Waals surface area contributed by atoms with E-state index in [9.17, 15) is 9.59 Å². The summed E-state index contributed by atoms with van der Waals surface area (Å²) in [4.78, 5) is 23.6. The Hall–Kier alpha value is -0.900. The number of ether oxygens (including phenoxy) is 1. The summed E-state index contributed by atoms with van der Waals surface area (Å²) in [5.41, 5.74) is -1.05. The van der Waals surface area contributed by atoms with Crippen molar-refractivity contribution in [3.63, 3.8) is 0 Å². The summed E-state index contributed by atoms with van der Waals surface area (Å²) < 4.78 is 4.94. The molecular formula is C11H18O4. The number of esters is 1. The highest BCUT2D eigenvalue weighted by Crippen LogP contribution is 2.37. The van der Waals surface area contributed by atoms with Gasteiger partial charge in [0.15, 0.2) is 0 Å². The molecular weight excluding hydrogens is 196 g/mol. The van der Waals surface area contributed by atoms with Crippen LogP contribution in [-0.4, -0.2) is 30.1 Å². The number of Topliss-reactive ketones (excluding diaryl/α,β-unsaturated/α-hetero) is 1. The number of carbonyl (C=O) groups is 2. The van der Waals surface area contributed by atoms with Crippen molar-refractivity contribution in [3.8, 4) is 0 Å². The Kier molecular flexibility index (Phi) is 4.27. The summed E-state index contributed by atoms with van der Waals surface area (Å²) in [7, 11) is 0. The van der Waals surface area contributed by atoms with Crippen LogP contribution in [0, 0.1) is 5.41 Å². The third-order valence-electron chi connectivity index (χ3n) is 3.00. The van der Waals surface area contributed by atoms with Crippen molar-refractivity contribution < 1.29 is 19.4 Å². The van der Waals surface area contributed by atoms with Gasteiger partial charge in [0.2, 0.25) is 0 Å². The molecule has 0 aromatic carbocycles. The van der Waals surface area contributed by atoms with Crippen molar-refractivity contribution in [2.24, 2.45) is 5.41 Å². The summed E-state index contributed by atoms with van der Waals surface area (Å²) in [5.74, 6) is -0.523. The van der Waals surface area contributed by atoms with E-state index >= 15 is 0 Å². The van der Waals surface area contributed by atoms with E-state index in [0.29, 0.717) is 12.8 Å². The Morgan fingerprint density at radius 1 is 1.53 bits per heavy atom. The molecule has 1 rings (SSSR count). The number of hydrogen-bond donors (Lipinski definition) is 1. The predicted molar refractivity (Wildman–Crippen MR) is 54.2 cm³/mol. The highest BCUT2D eigenvalue weighted by molar-refractivity contribution is 6.04. The van der Waals surface area contributed by atoms with Crippen molar-refractivity contribution in [3.05, 3.63) is 0 Å². The van der Waals surface area contributed by atoms with E-state index in [0.717, 1.165) is 12.8 Å². The SMILES string of the molecule is CCOC(=O)C1(CCO)CCCCC1=O. The maximum atomic E-state index is 11.8. The lowest BCUT2D eigenvalue weighted by Gasteiger charge is -2.32. The average Bonchev–Trinajstić information content (AvgIpc) is 2.22. The normalized spacial score (nSPS) is 26.4. The van der Waals surface area contributed by atoms with E-state index in [1.165, 1.54) is 0 Å². The highest BCUT2D eigenvalue weighted by atomic mass is 16.5. The molecule has 0 aromatic rings. The molecule has 15 heavy (non-hydrogen) atoms. The van der Waals surface area contributed by atoms with E-state index in [1.807, 2.05) is 0 Å². The van der Waals surface area contributed by atoms with Crippen LogP contribution in [0.2, 0.25) is 0 Å². The topological polar surface area (TPSA) is 63.6 Å². The van der Waals surface area contributed by atoms with Gasteiger partial charge in [-0.15, -0.1) is 0 Å².